The van der Waals surface area contributed by atoms with Crippen molar-refractivity contribution >= 4 is 35.2 Å². The van der Waals surface area contributed by atoms with Gasteiger partial charge in [-0.1, -0.05) is 11.6 Å². The normalized spacial score (nSPS) is 16.5. The number of hydrogen-bond donors (Lipinski definition) is 3. The Balaban J connectivity index is 0.000000255. The first-order valence-electron chi connectivity index (χ1n) is 6.32. The van der Waals surface area contributed by atoms with Crippen molar-refractivity contribution in [3.05, 3.63) is 34.9 Å². The number of ketones is 1. The van der Waals surface area contributed by atoms with E-state index in [-0.39, 0.29) is 25.0 Å². The van der Waals surface area contributed by atoms with Crippen LogP contribution in [0.15, 0.2) is 24.3 Å². The van der Waals surface area contributed by atoms with Crippen molar-refractivity contribution in [1.29, 1.82) is 0 Å². The number of aliphatic hydroxyl groups excluding tert-OH is 1. The largest absolute Gasteiger partial charge is 0.481 e. The number of halogens is 1. The molecular formula is C14H14ClNO6. The summed E-state index contributed by atoms with van der Waals surface area (Å²) < 4.78 is 0. The fourth-order valence-corrected chi connectivity index (χ4v) is 1.67. The lowest BCUT2D eigenvalue weighted by Gasteiger charge is -1.98. The van der Waals surface area contributed by atoms with Gasteiger partial charge in [0.2, 0.25) is 5.91 Å². The number of aliphatic hydroxyl groups is 1. The van der Waals surface area contributed by atoms with E-state index >= 15 is 0 Å². The Bertz CT molecular complexity index is 584. The molecule has 7 nitrogen and oxygen atoms in total. The molecule has 1 aromatic rings. The van der Waals surface area contributed by atoms with Gasteiger partial charge in [0, 0.05) is 17.0 Å². The van der Waals surface area contributed by atoms with Gasteiger partial charge >= 0.3 is 5.97 Å². The standard InChI is InChI=1S/C10H9ClO3.C4H5NO3/c11-8-3-1-7(2-4-8)9(12)5-6-10(13)14;6-2-1-3(7)5-4(2)8/h1-4H,5-6H2,(H,13,14);2,6H,1H2,(H,5,7,8). The first-order valence-corrected chi connectivity index (χ1v) is 6.69. The Hall–Kier alpha value is -2.25. The first kappa shape index (κ1) is 17.8. The van der Waals surface area contributed by atoms with E-state index in [1.165, 1.54) is 0 Å². The number of rotatable bonds is 4. The number of hydrogen-bond acceptors (Lipinski definition) is 5. The number of carboxylic acid groups (broad SMARTS) is 1. The molecule has 1 aliphatic heterocycles. The highest BCUT2D eigenvalue weighted by atomic mass is 35.5. The third kappa shape index (κ3) is 6.02. The van der Waals surface area contributed by atoms with Gasteiger partial charge in [0.25, 0.3) is 5.91 Å². The van der Waals surface area contributed by atoms with Crippen molar-refractivity contribution in [2.24, 2.45) is 0 Å². The number of carbonyl (C=O) groups excluding carboxylic acids is 3. The van der Waals surface area contributed by atoms with Crippen LogP contribution < -0.4 is 5.32 Å². The van der Waals surface area contributed by atoms with E-state index in [4.69, 9.17) is 21.8 Å². The summed E-state index contributed by atoms with van der Waals surface area (Å²) in [6.07, 6.45) is -1.31. The van der Waals surface area contributed by atoms with Crippen LogP contribution in [0.25, 0.3) is 0 Å². The summed E-state index contributed by atoms with van der Waals surface area (Å²) in [4.78, 5) is 41.9. The molecule has 1 aliphatic rings. The maximum atomic E-state index is 11.4. The monoisotopic (exact) mass is 327 g/mol. The molecule has 1 unspecified atom stereocenters. The van der Waals surface area contributed by atoms with Crippen LogP contribution in [0.4, 0.5) is 0 Å². The molecule has 22 heavy (non-hydrogen) atoms. The Morgan fingerprint density at radius 3 is 2.14 bits per heavy atom. The fraction of sp³-hybridized carbons (Fsp3) is 0.286. The molecule has 1 saturated heterocycles. The minimum Gasteiger partial charge on any atom is -0.481 e. The van der Waals surface area contributed by atoms with Crippen molar-refractivity contribution in [3.63, 3.8) is 0 Å². The van der Waals surface area contributed by atoms with E-state index in [1.54, 1.807) is 24.3 Å². The molecule has 0 radical (unpaired) electrons. The predicted molar refractivity (Wildman–Crippen MR) is 76.4 cm³/mol. The lowest BCUT2D eigenvalue weighted by atomic mass is 10.1. The van der Waals surface area contributed by atoms with Gasteiger partial charge in [-0.25, -0.2) is 0 Å². The maximum Gasteiger partial charge on any atom is 0.303 e. The first-order chi connectivity index (χ1) is 10.3. The third-order valence-corrected chi connectivity index (χ3v) is 2.93. The second-order valence-electron chi connectivity index (χ2n) is 4.46. The number of nitrogens with one attached hydrogen (secondary N) is 1. The smallest absolute Gasteiger partial charge is 0.303 e. The van der Waals surface area contributed by atoms with Crippen LogP contribution >= 0.6 is 11.6 Å². The minimum atomic E-state index is -1.11. The molecule has 0 spiro atoms. The lowest BCUT2D eigenvalue weighted by molar-refractivity contribution is -0.137. The molecular weight excluding hydrogens is 314 g/mol. The van der Waals surface area contributed by atoms with Crippen molar-refractivity contribution in [1.82, 2.24) is 5.32 Å². The highest BCUT2D eigenvalue weighted by molar-refractivity contribution is 6.30. The van der Waals surface area contributed by atoms with Gasteiger partial charge in [-0.15, -0.1) is 0 Å². The van der Waals surface area contributed by atoms with Gasteiger partial charge in [-0.2, -0.15) is 0 Å². The van der Waals surface area contributed by atoms with Crippen LogP contribution in [0, 0.1) is 0 Å². The number of aliphatic carboxylic acids is 1. The molecule has 0 saturated carbocycles. The van der Waals surface area contributed by atoms with E-state index < -0.39 is 23.9 Å². The summed E-state index contributed by atoms with van der Waals surface area (Å²) in [5, 5.41) is 19.4. The average molecular weight is 328 g/mol. The number of amides is 2. The molecule has 1 atom stereocenters. The predicted octanol–water partition coefficient (Wildman–Crippen LogP) is 0.781. The highest BCUT2D eigenvalue weighted by Crippen LogP contribution is 2.11. The maximum absolute atomic E-state index is 11.4. The van der Waals surface area contributed by atoms with Gasteiger partial charge < -0.3 is 10.2 Å². The summed E-state index contributed by atoms with van der Waals surface area (Å²) in [5.41, 5.74) is 0.496. The van der Waals surface area contributed by atoms with Gasteiger partial charge in [0.15, 0.2) is 5.78 Å². The summed E-state index contributed by atoms with van der Waals surface area (Å²) >= 11 is 5.64. The Kier molecular flexibility index (Phi) is 6.68. The van der Waals surface area contributed by atoms with Crippen LogP contribution in [-0.4, -0.2) is 39.9 Å². The molecule has 1 fully saturated rings. The number of imide groups is 1. The van der Waals surface area contributed by atoms with Gasteiger partial charge in [0.1, 0.15) is 6.10 Å². The molecule has 8 heteroatoms. The number of carbonyl (C=O) groups is 4. The molecule has 0 aromatic heterocycles. The molecule has 2 amide bonds. The van der Waals surface area contributed by atoms with Gasteiger partial charge in [0.05, 0.1) is 12.8 Å². The van der Waals surface area contributed by atoms with Crippen LogP contribution in [0.1, 0.15) is 29.6 Å². The van der Waals surface area contributed by atoms with Crippen LogP contribution in [-0.2, 0) is 14.4 Å². The van der Waals surface area contributed by atoms with E-state index in [1.807, 2.05) is 5.32 Å². The quantitative estimate of drug-likeness (QED) is 0.555. The lowest BCUT2D eigenvalue weighted by Crippen LogP contribution is -2.24. The Labute approximate surface area is 130 Å². The van der Waals surface area contributed by atoms with Crippen LogP contribution in [0.5, 0.6) is 0 Å². The zero-order chi connectivity index (χ0) is 16.7. The summed E-state index contributed by atoms with van der Waals surface area (Å²) in [7, 11) is 0. The van der Waals surface area contributed by atoms with E-state index in [2.05, 4.69) is 0 Å². The summed E-state index contributed by atoms with van der Waals surface area (Å²) in [6, 6.07) is 6.39. The number of carboxylic acids is 1. The van der Waals surface area contributed by atoms with Crippen molar-refractivity contribution < 1.29 is 29.4 Å². The zero-order valence-corrected chi connectivity index (χ0v) is 12.2. The topological polar surface area (TPSA) is 121 Å². The highest BCUT2D eigenvalue weighted by Gasteiger charge is 2.27. The number of benzene rings is 1. The van der Waals surface area contributed by atoms with Gasteiger partial charge in [-0.3, -0.25) is 24.5 Å². The van der Waals surface area contributed by atoms with Crippen LogP contribution in [0.2, 0.25) is 5.02 Å². The second-order valence-corrected chi connectivity index (χ2v) is 4.89. The van der Waals surface area contributed by atoms with E-state index in [0.29, 0.717) is 10.6 Å². The molecule has 2 rings (SSSR count). The van der Waals surface area contributed by atoms with Crippen molar-refractivity contribution in [2.75, 3.05) is 0 Å². The molecule has 1 heterocycles. The van der Waals surface area contributed by atoms with E-state index in [0.717, 1.165) is 0 Å². The summed E-state index contributed by atoms with van der Waals surface area (Å²) in [6.45, 7) is 0. The number of Topliss-reactive ketones (excluding diaryl/α,β-unsaturated/α-hetero) is 1. The van der Waals surface area contributed by atoms with Crippen LogP contribution in [0.3, 0.4) is 0 Å². The minimum absolute atomic E-state index is 0.0248. The third-order valence-electron chi connectivity index (χ3n) is 2.68. The SMILES string of the molecule is O=C(O)CCC(=O)c1ccc(Cl)cc1.O=C1CC(O)C(=O)N1. The molecule has 118 valence electrons. The van der Waals surface area contributed by atoms with E-state index in [9.17, 15) is 19.2 Å². The Morgan fingerprint density at radius 2 is 1.77 bits per heavy atom. The second kappa shape index (κ2) is 8.26. The zero-order valence-electron chi connectivity index (χ0n) is 11.4. The molecule has 1 aromatic carbocycles. The Morgan fingerprint density at radius 1 is 1.18 bits per heavy atom. The van der Waals surface area contributed by atoms with Crippen molar-refractivity contribution in [2.45, 2.75) is 25.4 Å². The van der Waals surface area contributed by atoms with Crippen molar-refractivity contribution in [3.8, 4) is 0 Å². The molecule has 0 bridgehead atoms. The van der Waals surface area contributed by atoms with Gasteiger partial charge in [-0.05, 0) is 24.3 Å². The molecule has 3 N–H and O–H groups in total. The fourth-order valence-electron chi connectivity index (χ4n) is 1.54. The average Bonchev–Trinajstić information content (AvgIpc) is 2.74. The molecule has 0 aliphatic carbocycles. The summed E-state index contributed by atoms with van der Waals surface area (Å²) in [5.74, 6) is -2.13.